The molecule has 1 amide bonds. The van der Waals surface area contributed by atoms with Crippen molar-refractivity contribution in [1.29, 1.82) is 0 Å². The second-order valence-corrected chi connectivity index (χ2v) is 7.50. The van der Waals surface area contributed by atoms with Gasteiger partial charge in [-0.1, -0.05) is 44.2 Å². The summed E-state index contributed by atoms with van der Waals surface area (Å²) < 4.78 is 16.8. The number of hydrogen-bond donors (Lipinski definition) is 1. The summed E-state index contributed by atoms with van der Waals surface area (Å²) in [5.41, 5.74) is 1.51. The molecule has 4 rings (SSSR count). The number of ether oxygens (including phenoxy) is 3. The van der Waals surface area contributed by atoms with Gasteiger partial charge in [0.25, 0.3) is 5.91 Å². The van der Waals surface area contributed by atoms with Crippen LogP contribution in [0.4, 0.5) is 0 Å². The smallest absolute Gasteiger partial charge is 0.255 e. The molecule has 150 valence electrons. The zero-order chi connectivity index (χ0) is 20.4. The lowest BCUT2D eigenvalue weighted by Crippen LogP contribution is -2.32. The summed E-state index contributed by atoms with van der Waals surface area (Å²) in [6, 6.07) is 17.4. The maximum Gasteiger partial charge on any atom is 0.255 e. The van der Waals surface area contributed by atoms with Crippen molar-refractivity contribution in [2.45, 2.75) is 19.9 Å². The van der Waals surface area contributed by atoms with E-state index in [4.69, 9.17) is 14.2 Å². The van der Waals surface area contributed by atoms with Crippen LogP contribution in [0.3, 0.4) is 0 Å². The number of benzene rings is 3. The highest BCUT2D eigenvalue weighted by molar-refractivity contribution is 6.01. The predicted molar refractivity (Wildman–Crippen MR) is 113 cm³/mol. The molecule has 5 nitrogen and oxygen atoms in total. The average molecular weight is 391 g/mol. The molecule has 0 spiro atoms. The van der Waals surface area contributed by atoms with Crippen LogP contribution in [-0.4, -0.2) is 26.2 Å². The molecule has 1 N–H and O–H groups in total. The quantitative estimate of drug-likeness (QED) is 0.682. The molecule has 1 aliphatic heterocycles. The van der Waals surface area contributed by atoms with E-state index in [0.29, 0.717) is 24.5 Å². The molecular weight excluding hydrogens is 366 g/mol. The lowest BCUT2D eigenvalue weighted by atomic mass is 9.95. The molecule has 1 unspecified atom stereocenters. The molecule has 0 fully saturated rings. The van der Waals surface area contributed by atoms with Gasteiger partial charge in [-0.05, 0) is 46.5 Å². The number of nitrogens with one attached hydrogen (secondary N) is 1. The monoisotopic (exact) mass is 391 g/mol. The Morgan fingerprint density at radius 2 is 1.66 bits per heavy atom. The molecule has 3 aromatic carbocycles. The molecule has 5 heteroatoms. The fourth-order valence-electron chi connectivity index (χ4n) is 3.67. The number of rotatable bonds is 5. The maximum atomic E-state index is 13.2. The van der Waals surface area contributed by atoms with E-state index in [1.165, 1.54) is 0 Å². The molecule has 0 aromatic heterocycles. The van der Waals surface area contributed by atoms with E-state index in [0.717, 1.165) is 27.8 Å². The topological polar surface area (TPSA) is 56.8 Å². The Kier molecular flexibility index (Phi) is 5.30. The normalized spacial score (nSPS) is 13.9. The van der Waals surface area contributed by atoms with E-state index in [1.54, 1.807) is 7.11 Å². The van der Waals surface area contributed by atoms with E-state index < -0.39 is 0 Å². The van der Waals surface area contributed by atoms with Gasteiger partial charge in [0.05, 0.1) is 18.7 Å². The third-order valence-corrected chi connectivity index (χ3v) is 5.19. The molecule has 3 aromatic rings. The highest BCUT2D eigenvalue weighted by atomic mass is 16.6. The van der Waals surface area contributed by atoms with Crippen molar-refractivity contribution < 1.29 is 19.0 Å². The van der Waals surface area contributed by atoms with E-state index in [2.05, 4.69) is 19.2 Å². The lowest BCUT2D eigenvalue weighted by Gasteiger charge is -2.26. The molecule has 0 bridgehead atoms. The van der Waals surface area contributed by atoms with Crippen LogP contribution < -0.4 is 19.5 Å². The zero-order valence-corrected chi connectivity index (χ0v) is 16.9. The summed E-state index contributed by atoms with van der Waals surface area (Å²) in [6.45, 7) is 5.25. The largest absolute Gasteiger partial charge is 0.496 e. The second-order valence-electron chi connectivity index (χ2n) is 7.50. The Labute approximate surface area is 170 Å². The standard InChI is InChI=1S/C24H25NO4/c1-15(2)23(18-8-9-20-22(14-18)29-11-10-28-20)25-24(26)19-12-16-6-4-5-7-17(16)13-21(19)27-3/h4-9,12-15,23H,10-11H2,1-3H3,(H,25,26). The molecule has 0 radical (unpaired) electrons. The van der Waals surface area contributed by atoms with Crippen molar-refractivity contribution in [1.82, 2.24) is 5.32 Å². The van der Waals surface area contributed by atoms with Gasteiger partial charge in [0.15, 0.2) is 11.5 Å². The third-order valence-electron chi connectivity index (χ3n) is 5.19. The molecule has 1 aliphatic rings. The highest BCUT2D eigenvalue weighted by Gasteiger charge is 2.23. The molecule has 1 heterocycles. The summed E-state index contributed by atoms with van der Waals surface area (Å²) >= 11 is 0. The van der Waals surface area contributed by atoms with E-state index in [1.807, 2.05) is 54.6 Å². The van der Waals surface area contributed by atoms with Crippen molar-refractivity contribution in [2.75, 3.05) is 20.3 Å². The number of carbonyl (C=O) groups excluding carboxylic acids is 1. The molecule has 29 heavy (non-hydrogen) atoms. The zero-order valence-electron chi connectivity index (χ0n) is 16.9. The predicted octanol–water partition coefficient (Wildman–Crippen LogP) is 4.75. The highest BCUT2D eigenvalue weighted by Crippen LogP contribution is 2.35. The van der Waals surface area contributed by atoms with Crippen molar-refractivity contribution in [3.8, 4) is 17.2 Å². The summed E-state index contributed by atoms with van der Waals surface area (Å²) in [7, 11) is 1.58. The first kappa shape index (κ1) is 19.1. The second kappa shape index (κ2) is 8.03. The van der Waals surface area contributed by atoms with Gasteiger partial charge in [-0.2, -0.15) is 0 Å². The third kappa shape index (κ3) is 3.86. The fourth-order valence-corrected chi connectivity index (χ4v) is 3.67. The molecular formula is C24H25NO4. The summed E-state index contributed by atoms with van der Waals surface area (Å²) in [4.78, 5) is 13.2. The van der Waals surface area contributed by atoms with Crippen LogP contribution in [0.1, 0.15) is 35.8 Å². The van der Waals surface area contributed by atoms with Crippen LogP contribution in [-0.2, 0) is 0 Å². The van der Waals surface area contributed by atoms with Crippen molar-refractivity contribution >= 4 is 16.7 Å². The minimum atomic E-state index is -0.172. The van der Waals surface area contributed by atoms with Crippen molar-refractivity contribution in [3.63, 3.8) is 0 Å². The van der Waals surface area contributed by atoms with Gasteiger partial charge >= 0.3 is 0 Å². The van der Waals surface area contributed by atoms with Crippen molar-refractivity contribution in [3.05, 3.63) is 65.7 Å². The van der Waals surface area contributed by atoms with Gasteiger partial charge in [-0.15, -0.1) is 0 Å². The van der Waals surface area contributed by atoms with Gasteiger partial charge in [0, 0.05) is 0 Å². The van der Waals surface area contributed by atoms with Crippen molar-refractivity contribution in [2.24, 2.45) is 5.92 Å². The maximum absolute atomic E-state index is 13.2. The molecule has 0 saturated carbocycles. The molecule has 0 aliphatic carbocycles. The lowest BCUT2D eigenvalue weighted by molar-refractivity contribution is 0.0922. The Hall–Kier alpha value is -3.21. The summed E-state index contributed by atoms with van der Waals surface area (Å²) in [6.07, 6.45) is 0. The van der Waals surface area contributed by atoms with E-state index in [-0.39, 0.29) is 17.9 Å². The van der Waals surface area contributed by atoms with Crippen LogP contribution >= 0.6 is 0 Å². The Bertz CT molecular complexity index is 1040. The van der Waals surface area contributed by atoms with Crippen LogP contribution in [0, 0.1) is 5.92 Å². The Balaban J connectivity index is 1.65. The van der Waals surface area contributed by atoms with Crippen LogP contribution in [0.25, 0.3) is 10.8 Å². The van der Waals surface area contributed by atoms with E-state index >= 15 is 0 Å². The number of carbonyl (C=O) groups is 1. The van der Waals surface area contributed by atoms with E-state index in [9.17, 15) is 4.79 Å². The molecule has 0 saturated heterocycles. The van der Waals surface area contributed by atoms with Gasteiger partial charge in [-0.3, -0.25) is 4.79 Å². The number of methoxy groups -OCH3 is 1. The van der Waals surface area contributed by atoms with Crippen LogP contribution in [0.2, 0.25) is 0 Å². The minimum absolute atomic E-state index is 0.166. The Morgan fingerprint density at radius 3 is 2.34 bits per heavy atom. The first-order valence-electron chi connectivity index (χ1n) is 9.84. The number of amides is 1. The molecule has 1 atom stereocenters. The Morgan fingerprint density at radius 1 is 0.966 bits per heavy atom. The van der Waals surface area contributed by atoms with Gasteiger partial charge in [0.1, 0.15) is 19.0 Å². The number of fused-ring (bicyclic) bond motifs is 2. The average Bonchev–Trinajstić information content (AvgIpc) is 2.75. The number of hydrogen-bond acceptors (Lipinski definition) is 4. The first-order chi connectivity index (χ1) is 14.1. The summed E-state index contributed by atoms with van der Waals surface area (Å²) in [5, 5.41) is 5.21. The van der Waals surface area contributed by atoms with Gasteiger partial charge in [-0.25, -0.2) is 0 Å². The minimum Gasteiger partial charge on any atom is -0.496 e. The van der Waals surface area contributed by atoms with Crippen LogP contribution in [0.5, 0.6) is 17.2 Å². The van der Waals surface area contributed by atoms with Gasteiger partial charge in [0.2, 0.25) is 0 Å². The SMILES string of the molecule is COc1cc2ccccc2cc1C(=O)NC(c1ccc2c(c1)OCCO2)C(C)C. The first-order valence-corrected chi connectivity index (χ1v) is 9.84. The van der Waals surface area contributed by atoms with Crippen LogP contribution in [0.15, 0.2) is 54.6 Å². The fraction of sp³-hybridized carbons (Fsp3) is 0.292. The van der Waals surface area contributed by atoms with Gasteiger partial charge < -0.3 is 19.5 Å². The summed E-state index contributed by atoms with van der Waals surface area (Å²) in [5.74, 6) is 2.04.